The number of hydrogen-bond acceptors (Lipinski definition) is 9. The molecule has 0 aliphatic carbocycles. The second-order valence-electron chi connectivity index (χ2n) is 11.9. The lowest BCUT2D eigenvalue weighted by atomic mass is 10.1. The molecule has 12 heteroatoms. The monoisotopic (exact) mass is 609 g/mol. The summed E-state index contributed by atoms with van der Waals surface area (Å²) in [5, 5.41) is 17.0. The second-order valence-corrected chi connectivity index (χ2v) is 11.9. The quantitative estimate of drug-likeness (QED) is 0.236. The maximum Gasteiger partial charge on any atom is 0.412 e. The van der Waals surface area contributed by atoms with Crippen LogP contribution in [-0.4, -0.2) is 69.8 Å². The largest absolute Gasteiger partial charge is 0.444 e. The number of nitrogens with one attached hydrogen (secondary N) is 2. The number of anilines is 4. The molecule has 1 aliphatic heterocycles. The Labute approximate surface area is 262 Å². The molecular formula is C33H39N9O3. The van der Waals surface area contributed by atoms with E-state index in [9.17, 15) is 14.9 Å². The van der Waals surface area contributed by atoms with Crippen LogP contribution in [0.15, 0.2) is 54.9 Å². The van der Waals surface area contributed by atoms with Crippen molar-refractivity contribution in [3.63, 3.8) is 0 Å². The summed E-state index contributed by atoms with van der Waals surface area (Å²) in [6, 6.07) is 15.7. The molecule has 0 atom stereocenters. The van der Waals surface area contributed by atoms with Gasteiger partial charge in [-0.1, -0.05) is 25.1 Å². The first-order valence-electron chi connectivity index (χ1n) is 15.1. The molecule has 0 radical (unpaired) electrons. The predicted octanol–water partition coefficient (Wildman–Crippen LogP) is 5.08. The summed E-state index contributed by atoms with van der Waals surface area (Å²) in [4.78, 5) is 38.2. The normalized spacial score (nSPS) is 13.8. The average molecular weight is 610 g/mol. The summed E-state index contributed by atoms with van der Waals surface area (Å²) < 4.78 is 7.49. The molecule has 1 saturated heterocycles. The number of piperazine rings is 1. The fraction of sp³-hybridized carbons (Fsp3) is 0.364. The molecule has 4 N–H and O–H groups in total. The average Bonchev–Trinajstić information content (AvgIpc) is 3.38. The van der Waals surface area contributed by atoms with E-state index in [1.54, 1.807) is 0 Å². The van der Waals surface area contributed by atoms with Crippen LogP contribution in [0.3, 0.4) is 0 Å². The van der Waals surface area contributed by atoms with Gasteiger partial charge in [0, 0.05) is 67.5 Å². The highest BCUT2D eigenvalue weighted by Crippen LogP contribution is 2.34. The Hall–Kier alpha value is -5.15. The minimum absolute atomic E-state index is 0.178. The number of fused-ring (bicyclic) bond motifs is 1. The van der Waals surface area contributed by atoms with Crippen molar-refractivity contribution in [2.24, 2.45) is 5.73 Å². The Bertz CT molecular complexity index is 1740. The summed E-state index contributed by atoms with van der Waals surface area (Å²) in [5.41, 5.74) is 9.16. The molecule has 2 aromatic carbocycles. The predicted molar refractivity (Wildman–Crippen MR) is 175 cm³/mol. The Kier molecular flexibility index (Phi) is 9.20. The molecule has 45 heavy (non-hydrogen) atoms. The molecule has 1 aliphatic rings. The number of nitriles is 1. The minimum atomic E-state index is -0.673. The molecule has 0 bridgehead atoms. The molecule has 0 unspecified atom stereocenters. The summed E-state index contributed by atoms with van der Waals surface area (Å²) in [6.07, 6.45) is 2.95. The lowest BCUT2D eigenvalue weighted by Gasteiger charge is -2.35. The van der Waals surface area contributed by atoms with E-state index in [1.807, 2.05) is 74.0 Å². The van der Waals surface area contributed by atoms with Crippen LogP contribution < -0.4 is 21.3 Å². The number of hydrogen-bond donors (Lipinski definition) is 3. The summed E-state index contributed by atoms with van der Waals surface area (Å²) in [5.74, 6) is -0.153. The van der Waals surface area contributed by atoms with Crippen molar-refractivity contribution < 1.29 is 14.3 Å². The number of aryl methyl sites for hydroxylation is 1. The van der Waals surface area contributed by atoms with Gasteiger partial charge in [-0.05, 0) is 51.6 Å². The van der Waals surface area contributed by atoms with Crippen LogP contribution in [-0.2, 0) is 16.1 Å². The highest BCUT2D eigenvalue weighted by Gasteiger charge is 2.22. The van der Waals surface area contributed by atoms with Gasteiger partial charge in [0.15, 0.2) is 0 Å². The van der Waals surface area contributed by atoms with Crippen LogP contribution >= 0.6 is 0 Å². The third kappa shape index (κ3) is 7.50. The topological polar surface area (TPSA) is 154 Å². The number of aromatic nitrogens is 3. The maximum atomic E-state index is 12.9. The fourth-order valence-electron chi connectivity index (χ4n) is 5.38. The number of nitrogens with two attached hydrogens (primary N) is 1. The number of nitrogens with zero attached hydrogens (tertiary/aromatic N) is 6. The number of carbonyl (C=O) groups is 2. The standard InChI is InChI=1S/C33H39N9O3/c1-5-40-14-16-41(17-15-40)23-10-11-26(27(18-23)38-32(44)45-33(2,3)4)37-31-36-20-22(19-34)30(39-31)25-21-42(13-12-29(35)43)28-9-7-6-8-24(25)28/h6-11,18,20-21H,5,12-17H2,1-4H3,(H2,35,43)(H,38,44)(H,36,37,39). The van der Waals surface area contributed by atoms with Crippen molar-refractivity contribution in [1.82, 2.24) is 19.4 Å². The summed E-state index contributed by atoms with van der Waals surface area (Å²) in [7, 11) is 0. The molecule has 1 fully saturated rings. The maximum absolute atomic E-state index is 12.9. The Morgan fingerprint density at radius 3 is 2.53 bits per heavy atom. The first-order chi connectivity index (χ1) is 21.5. The highest BCUT2D eigenvalue weighted by atomic mass is 16.6. The lowest BCUT2D eigenvalue weighted by Crippen LogP contribution is -2.46. The Morgan fingerprint density at radius 2 is 1.84 bits per heavy atom. The van der Waals surface area contributed by atoms with E-state index in [4.69, 9.17) is 15.5 Å². The number of para-hydroxylation sites is 1. The van der Waals surface area contributed by atoms with Crippen LogP contribution in [0.2, 0.25) is 0 Å². The lowest BCUT2D eigenvalue weighted by molar-refractivity contribution is -0.118. The third-order valence-electron chi connectivity index (χ3n) is 7.62. The van der Waals surface area contributed by atoms with E-state index in [-0.39, 0.29) is 12.4 Å². The SMILES string of the molecule is CCN1CCN(c2ccc(Nc3ncc(C#N)c(-c4cn(CCC(N)=O)c5ccccc45)n3)c(NC(=O)OC(C)(C)C)c2)CC1. The molecule has 0 spiro atoms. The van der Waals surface area contributed by atoms with Gasteiger partial charge in [0.25, 0.3) is 0 Å². The van der Waals surface area contributed by atoms with E-state index in [0.29, 0.717) is 29.2 Å². The van der Waals surface area contributed by atoms with Gasteiger partial charge in [-0.15, -0.1) is 0 Å². The number of amides is 2. The van der Waals surface area contributed by atoms with Crippen molar-refractivity contribution in [3.8, 4) is 17.3 Å². The van der Waals surface area contributed by atoms with Gasteiger partial charge in [0.1, 0.15) is 11.7 Å². The van der Waals surface area contributed by atoms with Crippen LogP contribution in [0.4, 0.5) is 27.8 Å². The zero-order chi connectivity index (χ0) is 32.1. The van der Waals surface area contributed by atoms with E-state index >= 15 is 0 Å². The van der Waals surface area contributed by atoms with Crippen molar-refractivity contribution in [1.29, 1.82) is 5.26 Å². The molecule has 2 amide bonds. The van der Waals surface area contributed by atoms with E-state index in [0.717, 1.165) is 54.9 Å². The smallest absolute Gasteiger partial charge is 0.412 e. The van der Waals surface area contributed by atoms with Gasteiger partial charge < -0.3 is 30.2 Å². The molecular weight excluding hydrogens is 570 g/mol. The van der Waals surface area contributed by atoms with Crippen LogP contribution in [0.5, 0.6) is 0 Å². The highest BCUT2D eigenvalue weighted by molar-refractivity contribution is 5.97. The fourth-order valence-corrected chi connectivity index (χ4v) is 5.38. The number of ether oxygens (including phenoxy) is 1. The molecule has 3 heterocycles. The number of rotatable bonds is 9. The number of likely N-dealkylation sites (N-methyl/N-ethyl adjacent to an activating group) is 1. The van der Waals surface area contributed by atoms with Gasteiger partial charge in [-0.3, -0.25) is 10.1 Å². The van der Waals surface area contributed by atoms with E-state index < -0.39 is 17.6 Å². The first-order valence-corrected chi connectivity index (χ1v) is 15.1. The molecule has 5 rings (SSSR count). The Morgan fingerprint density at radius 1 is 1.09 bits per heavy atom. The second kappa shape index (κ2) is 13.2. The van der Waals surface area contributed by atoms with E-state index in [1.165, 1.54) is 6.20 Å². The third-order valence-corrected chi connectivity index (χ3v) is 7.62. The van der Waals surface area contributed by atoms with Crippen molar-refractivity contribution in [2.75, 3.05) is 48.3 Å². The molecule has 0 saturated carbocycles. The van der Waals surface area contributed by atoms with Gasteiger partial charge in [-0.25, -0.2) is 14.8 Å². The minimum Gasteiger partial charge on any atom is -0.444 e. The van der Waals surface area contributed by atoms with Crippen LogP contribution in [0.25, 0.3) is 22.2 Å². The number of carbonyl (C=O) groups excluding carboxylic acids is 2. The zero-order valence-corrected chi connectivity index (χ0v) is 26.1. The van der Waals surface area contributed by atoms with Crippen molar-refractivity contribution in [3.05, 3.63) is 60.4 Å². The number of benzene rings is 2. The van der Waals surface area contributed by atoms with E-state index in [2.05, 4.69) is 38.4 Å². The van der Waals surface area contributed by atoms with Crippen LogP contribution in [0, 0.1) is 11.3 Å². The first kappa shape index (κ1) is 31.3. The summed E-state index contributed by atoms with van der Waals surface area (Å²) in [6.45, 7) is 12.7. The molecule has 234 valence electrons. The molecule has 12 nitrogen and oxygen atoms in total. The van der Waals surface area contributed by atoms with Crippen molar-refractivity contribution in [2.45, 2.75) is 46.3 Å². The van der Waals surface area contributed by atoms with Gasteiger partial charge in [0.05, 0.1) is 28.8 Å². The molecule has 4 aromatic rings. The van der Waals surface area contributed by atoms with Gasteiger partial charge in [-0.2, -0.15) is 5.26 Å². The van der Waals surface area contributed by atoms with Crippen molar-refractivity contribution >= 4 is 45.9 Å². The zero-order valence-electron chi connectivity index (χ0n) is 26.1. The van der Waals surface area contributed by atoms with Gasteiger partial charge >= 0.3 is 6.09 Å². The van der Waals surface area contributed by atoms with Crippen LogP contribution in [0.1, 0.15) is 39.7 Å². The summed E-state index contributed by atoms with van der Waals surface area (Å²) >= 11 is 0. The molecule has 2 aromatic heterocycles. The number of primary amides is 1. The van der Waals surface area contributed by atoms with Gasteiger partial charge in [0.2, 0.25) is 11.9 Å². The Balaban J connectivity index is 1.50.